The second-order valence-electron chi connectivity index (χ2n) is 7.94. The molecule has 1 aliphatic rings. The Morgan fingerprint density at radius 3 is 2.13 bits per heavy atom. The van der Waals surface area contributed by atoms with Crippen molar-refractivity contribution < 1.29 is 94.3 Å². The van der Waals surface area contributed by atoms with E-state index < -0.39 is 71.6 Å². The Morgan fingerprint density at radius 1 is 0.974 bits per heavy atom. The van der Waals surface area contributed by atoms with Gasteiger partial charge in [-0.25, -0.2) is 8.42 Å². The van der Waals surface area contributed by atoms with E-state index in [1.807, 2.05) is 0 Å². The number of carbonyl (C=O) groups is 4. The summed E-state index contributed by atoms with van der Waals surface area (Å²) < 4.78 is 69.3. The molecule has 1 aromatic heterocycles. The van der Waals surface area contributed by atoms with Crippen molar-refractivity contribution in [2.75, 3.05) is 13.2 Å². The Labute approximate surface area is 245 Å². The van der Waals surface area contributed by atoms with Crippen LogP contribution < -0.4 is 29.6 Å². The minimum absolute atomic E-state index is 0. The van der Waals surface area contributed by atoms with E-state index >= 15 is 0 Å². The normalized spacial score (nSPS) is 22.7. The molecule has 0 saturated carbocycles. The largest absolute Gasteiger partial charge is 1.00 e. The van der Waals surface area contributed by atoms with Crippen LogP contribution in [0.25, 0.3) is 0 Å². The van der Waals surface area contributed by atoms with Gasteiger partial charge in [-0.1, -0.05) is 5.21 Å². The van der Waals surface area contributed by atoms with Gasteiger partial charge in [0.05, 0.1) is 19.4 Å². The predicted molar refractivity (Wildman–Crippen MR) is 117 cm³/mol. The molecule has 1 fully saturated rings. The summed E-state index contributed by atoms with van der Waals surface area (Å²) >= 11 is 0. The van der Waals surface area contributed by atoms with Crippen LogP contribution in [0.2, 0.25) is 0 Å². The van der Waals surface area contributed by atoms with Crippen LogP contribution in [0.15, 0.2) is 6.20 Å². The molecule has 0 N–H and O–H groups in total. The summed E-state index contributed by atoms with van der Waals surface area (Å²) in [6.45, 7) is 3.61. The number of hydrogen-bond acceptors (Lipinski definition) is 16. The number of nitrogens with zero attached hydrogens (tertiary/aromatic N) is 3. The van der Waals surface area contributed by atoms with Gasteiger partial charge in [-0.15, -0.1) is 5.10 Å². The molecular formula is C20H28N3NaO14S. The van der Waals surface area contributed by atoms with E-state index in [4.69, 9.17) is 28.4 Å². The van der Waals surface area contributed by atoms with Crippen LogP contribution in [0.3, 0.4) is 0 Å². The van der Waals surface area contributed by atoms with Gasteiger partial charge in [-0.2, -0.15) is 0 Å². The minimum atomic E-state index is -4.80. The molecule has 0 spiro atoms. The second kappa shape index (κ2) is 16.2. The van der Waals surface area contributed by atoms with Crippen LogP contribution in [0, 0.1) is 0 Å². The van der Waals surface area contributed by atoms with Gasteiger partial charge < -0.3 is 33.0 Å². The molecule has 1 aromatic rings. The first kappa shape index (κ1) is 34.8. The fourth-order valence-electron chi connectivity index (χ4n) is 3.39. The van der Waals surface area contributed by atoms with E-state index in [-0.39, 0.29) is 61.4 Å². The van der Waals surface area contributed by atoms with E-state index in [1.54, 1.807) is 0 Å². The Bertz CT molecular complexity index is 1100. The first-order valence-corrected chi connectivity index (χ1v) is 12.5. The van der Waals surface area contributed by atoms with Gasteiger partial charge in [-0.3, -0.25) is 28.0 Å². The van der Waals surface area contributed by atoms with Crippen molar-refractivity contribution >= 4 is 34.3 Å². The average molecular weight is 590 g/mol. The molecule has 3 unspecified atom stereocenters. The molecule has 0 amide bonds. The van der Waals surface area contributed by atoms with Crippen LogP contribution in [-0.2, 0) is 75.3 Å². The summed E-state index contributed by atoms with van der Waals surface area (Å²) in [5.41, 5.74) is 0.273. The van der Waals surface area contributed by atoms with Crippen LogP contribution in [0.4, 0.5) is 0 Å². The number of aryl methyl sites for hydroxylation is 1. The van der Waals surface area contributed by atoms with Crippen molar-refractivity contribution in [1.82, 2.24) is 15.0 Å². The van der Waals surface area contributed by atoms with Gasteiger partial charge in [0.25, 0.3) is 0 Å². The van der Waals surface area contributed by atoms with Gasteiger partial charge in [0, 0.05) is 34.2 Å². The summed E-state index contributed by atoms with van der Waals surface area (Å²) in [4.78, 5) is 46.8. The maximum absolute atomic E-state index is 11.8. The van der Waals surface area contributed by atoms with Gasteiger partial charge in [-0.05, 0) is 6.42 Å². The third-order valence-electron chi connectivity index (χ3n) is 4.69. The smallest absolute Gasteiger partial charge is 0.726 e. The summed E-state index contributed by atoms with van der Waals surface area (Å²) in [5, 5.41) is 7.73. The van der Waals surface area contributed by atoms with Crippen molar-refractivity contribution in [2.45, 2.75) is 78.0 Å². The Kier molecular flexibility index (Phi) is 14.4. The maximum Gasteiger partial charge on any atom is 1.00 e. The fourth-order valence-corrected chi connectivity index (χ4v) is 3.71. The summed E-state index contributed by atoms with van der Waals surface area (Å²) in [6.07, 6.45) is -5.06. The van der Waals surface area contributed by atoms with E-state index in [9.17, 15) is 32.1 Å². The Hall–Kier alpha value is -2.19. The van der Waals surface area contributed by atoms with Crippen LogP contribution in [-0.4, -0.2) is 95.8 Å². The molecule has 17 nitrogen and oxygen atoms in total. The molecule has 2 heterocycles. The molecule has 19 heteroatoms. The molecule has 0 aromatic carbocycles. The van der Waals surface area contributed by atoms with E-state index in [0.29, 0.717) is 0 Å². The minimum Gasteiger partial charge on any atom is -0.726 e. The first-order chi connectivity index (χ1) is 17.7. The Morgan fingerprint density at radius 2 is 1.56 bits per heavy atom. The number of aromatic nitrogens is 3. The average Bonchev–Trinajstić information content (AvgIpc) is 3.23. The van der Waals surface area contributed by atoms with Crippen molar-refractivity contribution in [3.05, 3.63) is 11.9 Å². The van der Waals surface area contributed by atoms with E-state index in [0.717, 1.165) is 27.7 Å². The van der Waals surface area contributed by atoms with E-state index in [1.165, 1.54) is 10.9 Å². The molecule has 1 aliphatic heterocycles. The molecule has 0 radical (unpaired) electrons. The quantitative estimate of drug-likeness (QED) is 0.0531. The van der Waals surface area contributed by atoms with Gasteiger partial charge in [0.2, 0.25) is 10.4 Å². The number of carbonyl (C=O) groups excluding carboxylic acids is 4. The van der Waals surface area contributed by atoms with Crippen molar-refractivity contribution in [3.8, 4) is 0 Å². The molecule has 5 atom stereocenters. The molecule has 2 rings (SSSR count). The number of hydrogen-bond donors (Lipinski definition) is 0. The number of ether oxygens (including phenoxy) is 6. The summed E-state index contributed by atoms with van der Waals surface area (Å²) in [5.74, 6) is -2.99. The van der Waals surface area contributed by atoms with Gasteiger partial charge >= 0.3 is 53.4 Å². The molecule has 39 heavy (non-hydrogen) atoms. The zero-order chi connectivity index (χ0) is 28.5. The van der Waals surface area contributed by atoms with Crippen molar-refractivity contribution in [3.63, 3.8) is 0 Å². The SMILES string of the molecule is CC(=O)OCC1O[C@H](OCc2cn(CCCOS(=O)(=O)[O-])nn2)C(OC(C)=O)C(OC(C)=O)[C@@H]1OC(C)=O.[Na+]. The molecule has 0 bridgehead atoms. The number of esters is 4. The van der Waals surface area contributed by atoms with Gasteiger partial charge in [0.1, 0.15) is 18.4 Å². The summed E-state index contributed by atoms with van der Waals surface area (Å²) in [7, 11) is -4.80. The molecule has 1 saturated heterocycles. The van der Waals surface area contributed by atoms with Crippen molar-refractivity contribution in [1.29, 1.82) is 0 Å². The zero-order valence-corrected chi connectivity index (χ0v) is 24.8. The Balaban J connectivity index is 0.00000760. The fraction of sp³-hybridized carbons (Fsp3) is 0.700. The number of rotatable bonds is 13. The van der Waals surface area contributed by atoms with E-state index in [2.05, 4.69) is 14.5 Å². The zero-order valence-electron chi connectivity index (χ0n) is 22.0. The van der Waals surface area contributed by atoms with Crippen LogP contribution in [0.1, 0.15) is 39.8 Å². The summed E-state index contributed by atoms with van der Waals surface area (Å²) in [6, 6.07) is 0. The van der Waals surface area contributed by atoms with Crippen LogP contribution in [0.5, 0.6) is 0 Å². The standard InChI is InChI=1S/C20H29N3O14S.Na/c1-11(24)31-10-16-17(34-12(2)25)18(35-13(3)26)19(36-14(4)27)20(37-16)32-9-15-8-23(22-21-15)6-5-7-33-38(28,29)30;/h8,16-20H,5-7,9-10H2,1-4H3,(H,28,29,30);/q;+1/p-1/t16?,17-,18?,19?,20+;/m1./s1. The third-order valence-corrected chi connectivity index (χ3v) is 5.14. The van der Waals surface area contributed by atoms with Crippen LogP contribution >= 0.6 is 0 Å². The van der Waals surface area contributed by atoms with Gasteiger partial charge in [0.15, 0.2) is 24.6 Å². The monoisotopic (exact) mass is 589 g/mol. The molecule has 214 valence electrons. The third kappa shape index (κ3) is 12.7. The molecular weight excluding hydrogens is 561 g/mol. The predicted octanol–water partition coefficient (Wildman–Crippen LogP) is -4.25. The maximum atomic E-state index is 11.8. The molecule has 0 aliphatic carbocycles. The second-order valence-corrected chi connectivity index (χ2v) is 8.99. The topological polar surface area (TPSA) is 221 Å². The first-order valence-electron chi connectivity index (χ1n) is 11.2. The van der Waals surface area contributed by atoms with Crippen molar-refractivity contribution in [2.24, 2.45) is 0 Å².